The molecule has 0 aliphatic carbocycles. The van der Waals surface area contributed by atoms with Crippen LogP contribution in [0.5, 0.6) is 0 Å². The van der Waals surface area contributed by atoms with Gasteiger partial charge in [-0.1, -0.05) is 6.92 Å². The molecule has 0 saturated carbocycles. The fraction of sp³-hybridized carbons (Fsp3) is 0.750. The Labute approximate surface area is 50.0 Å². The molecule has 0 N–H and O–H groups in total. The Hall–Kier alpha value is -0.0500. The van der Waals surface area contributed by atoms with Gasteiger partial charge in [0.2, 0.25) is 0 Å². The first-order valence-corrected chi connectivity index (χ1v) is 2.91. The summed E-state index contributed by atoms with van der Waals surface area (Å²) in [5.74, 6) is -0.144. The molecule has 0 bridgehead atoms. The maximum atomic E-state index is 10.2. The minimum atomic E-state index is -0.576. The fourth-order valence-electron chi connectivity index (χ4n) is 0.338. The van der Waals surface area contributed by atoms with Gasteiger partial charge in [0.15, 0.2) is 0 Å². The van der Waals surface area contributed by atoms with Crippen LogP contribution in [-0.4, -0.2) is 10.5 Å². The average Bonchev–Trinajstić information content (AvgIpc) is 2.18. The van der Waals surface area contributed by atoms with Crippen molar-refractivity contribution in [3.8, 4) is 0 Å². The van der Waals surface area contributed by atoms with Crippen molar-refractivity contribution in [3.63, 3.8) is 0 Å². The second-order valence-electron chi connectivity index (χ2n) is 1.47. The molecule has 0 unspecified atom stereocenters. The second-order valence-corrected chi connectivity index (χ2v) is 2.75. The zero-order valence-electron chi connectivity index (χ0n) is 3.90. The van der Waals surface area contributed by atoms with E-state index in [2.05, 4.69) is 20.7 Å². The third-order valence-corrected chi connectivity index (χ3v) is 2.02. The van der Waals surface area contributed by atoms with E-state index in [1.54, 1.807) is 0 Å². The van der Waals surface area contributed by atoms with Gasteiger partial charge in [0, 0.05) is 6.42 Å². The van der Waals surface area contributed by atoms with Gasteiger partial charge in [-0.2, -0.15) is 0 Å². The van der Waals surface area contributed by atoms with E-state index in [0.717, 1.165) is 0 Å². The van der Waals surface area contributed by atoms with Gasteiger partial charge >= 0.3 is 5.97 Å². The minimum Gasteiger partial charge on any atom is -0.432 e. The predicted octanol–water partition coefficient (Wildman–Crippen LogP) is 1.04. The van der Waals surface area contributed by atoms with Crippen molar-refractivity contribution in [2.24, 2.45) is 0 Å². The van der Waals surface area contributed by atoms with Gasteiger partial charge in [-0.05, 0) is 15.9 Å². The highest BCUT2D eigenvalue weighted by Gasteiger charge is 2.54. The lowest BCUT2D eigenvalue weighted by Crippen LogP contribution is -1.96. The van der Waals surface area contributed by atoms with Gasteiger partial charge in [0.05, 0.1) is 0 Å². The van der Waals surface area contributed by atoms with E-state index in [4.69, 9.17) is 0 Å². The zero-order chi connectivity index (χ0) is 5.49. The number of rotatable bonds is 1. The topological polar surface area (TPSA) is 29.6 Å². The van der Waals surface area contributed by atoms with Crippen LogP contribution in [0.3, 0.4) is 0 Å². The Kier molecular flexibility index (Phi) is 0.885. The van der Waals surface area contributed by atoms with Gasteiger partial charge in [-0.3, -0.25) is 0 Å². The first-order valence-electron chi connectivity index (χ1n) is 2.11. The zero-order valence-corrected chi connectivity index (χ0v) is 5.49. The summed E-state index contributed by atoms with van der Waals surface area (Å²) in [6.07, 6.45) is 0.714. The number of hydrogen-bond acceptors (Lipinski definition) is 2. The number of epoxide rings is 1. The lowest BCUT2D eigenvalue weighted by molar-refractivity contribution is -0.117. The van der Waals surface area contributed by atoms with Gasteiger partial charge in [-0.25, -0.2) is 4.79 Å². The molecule has 0 amide bonds. The lowest BCUT2D eigenvalue weighted by Gasteiger charge is -1.84. The monoisotopic (exact) mass is 164 g/mol. The number of cyclic esters (lactones) is 1. The Morgan fingerprint density at radius 2 is 2.43 bits per heavy atom. The van der Waals surface area contributed by atoms with Gasteiger partial charge in [0.1, 0.15) is 0 Å². The van der Waals surface area contributed by atoms with E-state index in [1.165, 1.54) is 0 Å². The quantitative estimate of drug-likeness (QED) is 0.429. The number of alkyl halides is 1. The summed E-state index contributed by atoms with van der Waals surface area (Å²) in [6.45, 7) is 1.89. The van der Waals surface area contributed by atoms with Crippen LogP contribution in [-0.2, 0) is 9.53 Å². The summed E-state index contributed by atoms with van der Waals surface area (Å²) in [7, 11) is 0. The highest BCUT2D eigenvalue weighted by atomic mass is 79.9. The minimum absolute atomic E-state index is 0.144. The largest absolute Gasteiger partial charge is 0.432 e. The van der Waals surface area contributed by atoms with Gasteiger partial charge in [-0.15, -0.1) is 0 Å². The second kappa shape index (κ2) is 1.22. The van der Waals surface area contributed by atoms with Crippen LogP contribution in [0.15, 0.2) is 0 Å². The van der Waals surface area contributed by atoms with Crippen LogP contribution < -0.4 is 0 Å². The molecule has 1 aliphatic rings. The molecule has 0 radical (unpaired) electrons. The van der Waals surface area contributed by atoms with E-state index >= 15 is 0 Å². The van der Waals surface area contributed by atoms with Gasteiger partial charge < -0.3 is 4.74 Å². The molecule has 2 nitrogen and oxygen atoms in total. The summed E-state index contributed by atoms with van der Waals surface area (Å²) in [5, 5.41) is 0. The van der Waals surface area contributed by atoms with E-state index in [9.17, 15) is 4.79 Å². The number of halogens is 1. The van der Waals surface area contributed by atoms with Crippen molar-refractivity contribution in [2.45, 2.75) is 17.9 Å². The average molecular weight is 165 g/mol. The van der Waals surface area contributed by atoms with Crippen LogP contribution >= 0.6 is 15.9 Å². The molecular formula is C4H5BrO2. The van der Waals surface area contributed by atoms with Crippen molar-refractivity contribution in [2.75, 3.05) is 0 Å². The predicted molar refractivity (Wildman–Crippen MR) is 28.0 cm³/mol. The number of carbonyl (C=O) groups is 1. The SMILES string of the molecule is CC[C@@]1(Br)OC1=O. The summed E-state index contributed by atoms with van der Waals surface area (Å²) in [5.41, 5.74) is 0. The molecule has 1 atom stereocenters. The van der Waals surface area contributed by atoms with Crippen molar-refractivity contribution in [1.29, 1.82) is 0 Å². The Bertz CT molecular complexity index is 112. The third-order valence-electron chi connectivity index (χ3n) is 0.972. The normalized spacial score (nSPS) is 37.7. The fourth-order valence-corrected chi connectivity index (χ4v) is 0.485. The molecule has 7 heavy (non-hydrogen) atoms. The van der Waals surface area contributed by atoms with Crippen molar-refractivity contribution in [1.82, 2.24) is 0 Å². The summed E-state index contributed by atoms with van der Waals surface area (Å²) >= 11 is 3.08. The van der Waals surface area contributed by atoms with E-state index < -0.39 is 4.51 Å². The van der Waals surface area contributed by atoms with Crippen LogP contribution in [0.25, 0.3) is 0 Å². The van der Waals surface area contributed by atoms with E-state index in [1.807, 2.05) is 6.92 Å². The van der Waals surface area contributed by atoms with Crippen molar-refractivity contribution in [3.05, 3.63) is 0 Å². The van der Waals surface area contributed by atoms with Crippen LogP contribution in [0, 0.1) is 0 Å². The number of ether oxygens (including phenoxy) is 1. The molecule has 1 fully saturated rings. The molecule has 1 aliphatic heterocycles. The molecule has 3 heteroatoms. The Morgan fingerprint density at radius 1 is 2.00 bits per heavy atom. The third kappa shape index (κ3) is 0.650. The molecule has 1 heterocycles. The standard InChI is InChI=1S/C4H5BrO2/c1-2-4(5)3(6)7-4/h2H2,1H3/t4-/m1/s1. The highest BCUT2D eigenvalue weighted by Crippen LogP contribution is 2.38. The molecule has 0 aromatic carbocycles. The maximum absolute atomic E-state index is 10.2. The Balaban J connectivity index is 2.52. The maximum Gasteiger partial charge on any atom is 0.363 e. The highest BCUT2D eigenvalue weighted by molar-refractivity contribution is 9.10. The Morgan fingerprint density at radius 3 is 2.43 bits per heavy atom. The van der Waals surface area contributed by atoms with E-state index in [-0.39, 0.29) is 5.97 Å². The molecular weight excluding hydrogens is 160 g/mol. The van der Waals surface area contributed by atoms with Crippen LogP contribution in [0.4, 0.5) is 0 Å². The molecule has 0 aromatic heterocycles. The smallest absolute Gasteiger partial charge is 0.363 e. The van der Waals surface area contributed by atoms with Crippen LogP contribution in [0.1, 0.15) is 13.3 Å². The number of hydrogen-bond donors (Lipinski definition) is 0. The van der Waals surface area contributed by atoms with Crippen molar-refractivity contribution < 1.29 is 9.53 Å². The molecule has 1 saturated heterocycles. The lowest BCUT2D eigenvalue weighted by atomic mass is 10.4. The van der Waals surface area contributed by atoms with Crippen molar-refractivity contribution >= 4 is 21.9 Å². The molecule has 1 rings (SSSR count). The van der Waals surface area contributed by atoms with Gasteiger partial charge in [0.25, 0.3) is 4.51 Å². The number of carbonyl (C=O) groups excluding carboxylic acids is 1. The molecule has 40 valence electrons. The molecule has 0 aromatic rings. The first-order chi connectivity index (χ1) is 3.19. The summed E-state index contributed by atoms with van der Waals surface area (Å²) < 4.78 is 3.95. The summed E-state index contributed by atoms with van der Waals surface area (Å²) in [4.78, 5) is 10.2. The molecule has 0 spiro atoms. The summed E-state index contributed by atoms with van der Waals surface area (Å²) in [6, 6.07) is 0. The first kappa shape index (κ1) is 5.09. The van der Waals surface area contributed by atoms with E-state index in [0.29, 0.717) is 6.42 Å². The van der Waals surface area contributed by atoms with Crippen LogP contribution in [0.2, 0.25) is 0 Å².